The molecule has 0 fully saturated rings. The molecule has 2 N–H and O–H groups in total. The standard InChI is InChI=1S/C9H10IN3O/c1-2-5-11-9(14)13-8-4-3-7(10)6-12-8/h2-4,6H,1,5H2,(H2,11,12,13,14). The van der Waals surface area contributed by atoms with Gasteiger partial charge in [0, 0.05) is 16.3 Å². The molecular weight excluding hydrogens is 293 g/mol. The van der Waals surface area contributed by atoms with Gasteiger partial charge >= 0.3 is 6.03 Å². The van der Waals surface area contributed by atoms with Crippen LogP contribution in [0.3, 0.4) is 0 Å². The second kappa shape index (κ2) is 5.58. The molecule has 0 aliphatic rings. The molecule has 1 heterocycles. The summed E-state index contributed by atoms with van der Waals surface area (Å²) in [6.45, 7) is 3.93. The first-order valence-electron chi connectivity index (χ1n) is 3.99. The number of hydrogen-bond donors (Lipinski definition) is 2. The number of amides is 2. The number of nitrogens with zero attached hydrogens (tertiary/aromatic N) is 1. The van der Waals surface area contributed by atoms with E-state index in [-0.39, 0.29) is 6.03 Å². The van der Waals surface area contributed by atoms with Crippen molar-refractivity contribution >= 4 is 34.4 Å². The van der Waals surface area contributed by atoms with Crippen LogP contribution in [-0.2, 0) is 0 Å². The largest absolute Gasteiger partial charge is 0.334 e. The van der Waals surface area contributed by atoms with E-state index in [1.165, 1.54) is 0 Å². The fourth-order valence-electron chi connectivity index (χ4n) is 0.775. The molecule has 74 valence electrons. The van der Waals surface area contributed by atoms with Gasteiger partial charge in [-0.25, -0.2) is 9.78 Å². The molecule has 5 heteroatoms. The Morgan fingerprint density at radius 2 is 2.43 bits per heavy atom. The average Bonchev–Trinajstić information content (AvgIpc) is 2.18. The predicted octanol–water partition coefficient (Wildman–Crippen LogP) is 1.99. The van der Waals surface area contributed by atoms with Gasteiger partial charge in [0.2, 0.25) is 0 Å². The van der Waals surface area contributed by atoms with E-state index in [0.717, 1.165) is 3.57 Å². The summed E-state index contributed by atoms with van der Waals surface area (Å²) in [6.07, 6.45) is 3.30. The highest BCUT2D eigenvalue weighted by molar-refractivity contribution is 14.1. The summed E-state index contributed by atoms with van der Waals surface area (Å²) >= 11 is 2.15. The van der Waals surface area contributed by atoms with E-state index >= 15 is 0 Å². The van der Waals surface area contributed by atoms with Crippen LogP contribution in [0.5, 0.6) is 0 Å². The van der Waals surface area contributed by atoms with Gasteiger partial charge < -0.3 is 5.32 Å². The topological polar surface area (TPSA) is 54.0 Å². The molecule has 1 aromatic heterocycles. The van der Waals surface area contributed by atoms with E-state index in [1.54, 1.807) is 18.3 Å². The number of anilines is 1. The maximum absolute atomic E-state index is 11.1. The number of aromatic nitrogens is 1. The zero-order valence-corrected chi connectivity index (χ0v) is 9.61. The molecule has 0 saturated carbocycles. The molecule has 0 unspecified atom stereocenters. The first-order valence-corrected chi connectivity index (χ1v) is 5.07. The summed E-state index contributed by atoms with van der Waals surface area (Å²) in [5.41, 5.74) is 0. The predicted molar refractivity (Wildman–Crippen MR) is 64.2 cm³/mol. The summed E-state index contributed by atoms with van der Waals surface area (Å²) in [5, 5.41) is 5.18. The van der Waals surface area contributed by atoms with E-state index in [9.17, 15) is 4.79 Å². The third-order valence-electron chi connectivity index (χ3n) is 1.38. The lowest BCUT2D eigenvalue weighted by Gasteiger charge is -2.04. The first-order chi connectivity index (χ1) is 6.72. The van der Waals surface area contributed by atoms with Crippen molar-refractivity contribution in [3.63, 3.8) is 0 Å². The van der Waals surface area contributed by atoms with Crippen molar-refractivity contribution in [1.82, 2.24) is 10.3 Å². The van der Waals surface area contributed by atoms with Crippen LogP contribution < -0.4 is 10.6 Å². The summed E-state index contributed by atoms with van der Waals surface area (Å²) in [7, 11) is 0. The number of pyridine rings is 1. The molecule has 0 aliphatic heterocycles. The quantitative estimate of drug-likeness (QED) is 0.663. The van der Waals surface area contributed by atoms with Crippen LogP contribution in [0.1, 0.15) is 0 Å². The van der Waals surface area contributed by atoms with Gasteiger partial charge in [0.25, 0.3) is 0 Å². The minimum Gasteiger partial charge on any atom is -0.334 e. The van der Waals surface area contributed by atoms with Crippen molar-refractivity contribution in [3.05, 3.63) is 34.6 Å². The molecule has 0 bridgehead atoms. The van der Waals surface area contributed by atoms with Crippen molar-refractivity contribution < 1.29 is 4.79 Å². The van der Waals surface area contributed by atoms with Crippen LogP contribution >= 0.6 is 22.6 Å². The molecule has 1 rings (SSSR count). The molecule has 0 atom stereocenters. The van der Waals surface area contributed by atoms with Gasteiger partial charge in [0.1, 0.15) is 5.82 Å². The van der Waals surface area contributed by atoms with Crippen molar-refractivity contribution in [2.75, 3.05) is 11.9 Å². The summed E-state index contributed by atoms with van der Waals surface area (Å²) in [4.78, 5) is 15.2. The Labute approximate surface area is 95.9 Å². The van der Waals surface area contributed by atoms with E-state index < -0.39 is 0 Å². The van der Waals surface area contributed by atoms with Crippen molar-refractivity contribution in [1.29, 1.82) is 0 Å². The Morgan fingerprint density at radius 3 is 3.00 bits per heavy atom. The number of urea groups is 1. The normalized spacial score (nSPS) is 9.21. The second-order valence-corrected chi connectivity index (χ2v) is 3.73. The van der Waals surface area contributed by atoms with Crippen LogP contribution in [0.4, 0.5) is 10.6 Å². The van der Waals surface area contributed by atoms with Crippen LogP contribution in [0, 0.1) is 3.57 Å². The highest BCUT2D eigenvalue weighted by Gasteiger charge is 1.99. The van der Waals surface area contributed by atoms with E-state index in [0.29, 0.717) is 12.4 Å². The maximum atomic E-state index is 11.1. The number of carbonyl (C=O) groups excluding carboxylic acids is 1. The molecule has 0 aliphatic carbocycles. The third-order valence-corrected chi connectivity index (χ3v) is 2.01. The Hall–Kier alpha value is -1.11. The van der Waals surface area contributed by atoms with Crippen molar-refractivity contribution in [2.45, 2.75) is 0 Å². The molecule has 0 radical (unpaired) electrons. The lowest BCUT2D eigenvalue weighted by Crippen LogP contribution is -2.28. The molecular formula is C9H10IN3O. The molecule has 1 aromatic rings. The fourth-order valence-corrected chi connectivity index (χ4v) is 1.09. The molecule has 0 spiro atoms. The average molecular weight is 303 g/mol. The smallest absolute Gasteiger partial charge is 0.320 e. The molecule has 4 nitrogen and oxygen atoms in total. The van der Waals surface area contributed by atoms with Crippen molar-refractivity contribution in [2.24, 2.45) is 0 Å². The SMILES string of the molecule is C=CCNC(=O)Nc1ccc(I)cn1. The van der Waals surface area contributed by atoms with Crippen molar-refractivity contribution in [3.8, 4) is 0 Å². The zero-order valence-electron chi connectivity index (χ0n) is 7.46. The maximum Gasteiger partial charge on any atom is 0.320 e. The van der Waals surface area contributed by atoms with E-state index in [2.05, 4.69) is 44.8 Å². The van der Waals surface area contributed by atoms with Gasteiger partial charge in [-0.15, -0.1) is 6.58 Å². The van der Waals surface area contributed by atoms with Gasteiger partial charge in [-0.2, -0.15) is 0 Å². The minimum atomic E-state index is -0.279. The van der Waals surface area contributed by atoms with E-state index in [4.69, 9.17) is 0 Å². The number of hydrogen-bond acceptors (Lipinski definition) is 2. The minimum absolute atomic E-state index is 0.279. The van der Waals surface area contributed by atoms with Crippen LogP contribution in [0.25, 0.3) is 0 Å². The second-order valence-electron chi connectivity index (χ2n) is 2.49. The summed E-state index contributed by atoms with van der Waals surface area (Å²) < 4.78 is 1.03. The molecule has 0 aromatic carbocycles. The Balaban J connectivity index is 2.47. The first kappa shape index (κ1) is 11.0. The highest BCUT2D eigenvalue weighted by atomic mass is 127. The number of carbonyl (C=O) groups is 1. The summed E-state index contributed by atoms with van der Waals surface area (Å²) in [6, 6.07) is 3.34. The van der Waals surface area contributed by atoms with Gasteiger partial charge in [-0.1, -0.05) is 6.08 Å². The molecule has 2 amide bonds. The van der Waals surface area contributed by atoms with Gasteiger partial charge in [-0.3, -0.25) is 5.32 Å². The molecule has 14 heavy (non-hydrogen) atoms. The number of halogens is 1. The highest BCUT2D eigenvalue weighted by Crippen LogP contribution is 2.06. The number of nitrogens with one attached hydrogen (secondary N) is 2. The fraction of sp³-hybridized carbons (Fsp3) is 0.111. The lowest BCUT2D eigenvalue weighted by atomic mass is 10.5. The van der Waals surface area contributed by atoms with Crippen LogP contribution in [0.2, 0.25) is 0 Å². The lowest BCUT2D eigenvalue weighted by molar-refractivity contribution is 0.253. The zero-order chi connectivity index (χ0) is 10.4. The van der Waals surface area contributed by atoms with Gasteiger partial charge in [0.05, 0.1) is 0 Å². The third kappa shape index (κ3) is 3.73. The van der Waals surface area contributed by atoms with Gasteiger partial charge in [-0.05, 0) is 34.7 Å². The Kier molecular flexibility index (Phi) is 4.37. The van der Waals surface area contributed by atoms with Crippen LogP contribution in [0.15, 0.2) is 31.0 Å². The van der Waals surface area contributed by atoms with Gasteiger partial charge in [0.15, 0.2) is 0 Å². The number of rotatable bonds is 3. The van der Waals surface area contributed by atoms with E-state index in [1.807, 2.05) is 6.07 Å². The Morgan fingerprint density at radius 1 is 1.64 bits per heavy atom. The monoisotopic (exact) mass is 303 g/mol. The summed E-state index contributed by atoms with van der Waals surface area (Å²) in [5.74, 6) is 0.534. The Bertz CT molecular complexity index is 323. The van der Waals surface area contributed by atoms with Crippen LogP contribution in [-0.4, -0.2) is 17.6 Å². The molecule has 0 saturated heterocycles.